The van der Waals surface area contributed by atoms with Crippen molar-refractivity contribution < 1.29 is 9.47 Å². The number of benzene rings is 1. The molecule has 1 atom stereocenters. The molecular weight excluding hydrogens is 308 g/mol. The molecule has 1 unspecified atom stereocenters. The van der Waals surface area contributed by atoms with E-state index in [1.165, 1.54) is 10.4 Å². The minimum Gasteiger partial charge on any atom is -0.496 e. The van der Waals surface area contributed by atoms with E-state index >= 15 is 0 Å². The predicted octanol–water partition coefficient (Wildman–Crippen LogP) is 3.07. The van der Waals surface area contributed by atoms with Gasteiger partial charge >= 0.3 is 0 Å². The molecule has 1 aliphatic heterocycles. The molecule has 1 aliphatic rings. The van der Waals surface area contributed by atoms with Crippen LogP contribution >= 0.6 is 11.3 Å². The van der Waals surface area contributed by atoms with Gasteiger partial charge in [0.15, 0.2) is 0 Å². The van der Waals surface area contributed by atoms with Crippen molar-refractivity contribution in [2.45, 2.75) is 13.0 Å². The number of nitrogens with one attached hydrogen (secondary N) is 1. The van der Waals surface area contributed by atoms with Gasteiger partial charge in [0.25, 0.3) is 0 Å². The van der Waals surface area contributed by atoms with Crippen LogP contribution in [-0.2, 0) is 0 Å². The molecule has 0 spiro atoms. The smallest absolute Gasteiger partial charge is 0.127 e. The molecule has 1 saturated heterocycles. The highest BCUT2D eigenvalue weighted by Gasteiger charge is 2.31. The third-order valence-electron chi connectivity index (χ3n) is 4.41. The molecule has 0 bridgehead atoms. The Hall–Kier alpha value is -1.56. The Kier molecular flexibility index (Phi) is 5.20. The molecule has 3 rings (SSSR count). The zero-order valence-corrected chi connectivity index (χ0v) is 14.8. The summed E-state index contributed by atoms with van der Waals surface area (Å²) in [7, 11) is 3.46. The molecule has 1 aromatic heterocycles. The molecule has 124 valence electrons. The van der Waals surface area contributed by atoms with Gasteiger partial charge in [0.1, 0.15) is 11.5 Å². The van der Waals surface area contributed by atoms with Crippen LogP contribution in [-0.4, -0.2) is 45.3 Å². The molecular formula is C18H24N2O2S. The van der Waals surface area contributed by atoms with Gasteiger partial charge in [-0.05, 0) is 36.1 Å². The van der Waals surface area contributed by atoms with E-state index in [9.17, 15) is 0 Å². The molecule has 2 heterocycles. The summed E-state index contributed by atoms with van der Waals surface area (Å²) in [6.45, 7) is 6.24. The Morgan fingerprint density at radius 1 is 1.09 bits per heavy atom. The van der Waals surface area contributed by atoms with Gasteiger partial charge in [0, 0.05) is 31.1 Å². The summed E-state index contributed by atoms with van der Waals surface area (Å²) in [5, 5.41) is 5.61. The maximum absolute atomic E-state index is 5.68. The Labute approximate surface area is 142 Å². The second kappa shape index (κ2) is 7.34. The first-order valence-electron chi connectivity index (χ1n) is 7.96. The van der Waals surface area contributed by atoms with Crippen LogP contribution in [0.5, 0.6) is 11.5 Å². The van der Waals surface area contributed by atoms with Crippen LogP contribution in [0.25, 0.3) is 0 Å². The van der Waals surface area contributed by atoms with Crippen LogP contribution in [0.1, 0.15) is 22.0 Å². The maximum Gasteiger partial charge on any atom is 0.127 e. The van der Waals surface area contributed by atoms with Crippen LogP contribution in [0, 0.1) is 6.92 Å². The molecule has 0 saturated carbocycles. The van der Waals surface area contributed by atoms with E-state index in [4.69, 9.17) is 9.47 Å². The van der Waals surface area contributed by atoms with E-state index in [1.54, 1.807) is 14.2 Å². The molecule has 2 aromatic rings. The summed E-state index contributed by atoms with van der Waals surface area (Å²) in [6.07, 6.45) is 0. The second-order valence-corrected chi connectivity index (χ2v) is 6.68. The summed E-state index contributed by atoms with van der Waals surface area (Å²) in [5.74, 6) is 1.78. The lowest BCUT2D eigenvalue weighted by Crippen LogP contribution is -2.45. The fourth-order valence-electron chi connectivity index (χ4n) is 3.23. The van der Waals surface area contributed by atoms with Crippen molar-refractivity contribution in [1.82, 2.24) is 10.2 Å². The van der Waals surface area contributed by atoms with Gasteiger partial charge in [-0.1, -0.05) is 6.07 Å². The number of rotatable bonds is 5. The molecule has 0 aliphatic carbocycles. The first-order chi connectivity index (χ1) is 11.3. The number of ether oxygens (including phenoxy) is 2. The standard InChI is InChI=1S/C18H24N2O2S/c1-13-7-12-23-18(13)17(20-10-8-19-9-11-20)16-14(21-2)5-4-6-15(16)22-3/h4-7,12,17,19H,8-11H2,1-3H3. The van der Waals surface area contributed by atoms with Gasteiger partial charge in [-0.3, -0.25) is 4.90 Å². The summed E-state index contributed by atoms with van der Waals surface area (Å²) in [4.78, 5) is 3.89. The van der Waals surface area contributed by atoms with Crippen molar-refractivity contribution in [1.29, 1.82) is 0 Å². The van der Waals surface area contributed by atoms with Crippen LogP contribution in [0.15, 0.2) is 29.6 Å². The number of piperazine rings is 1. The Balaban J connectivity index is 2.14. The molecule has 23 heavy (non-hydrogen) atoms. The first-order valence-corrected chi connectivity index (χ1v) is 8.84. The third kappa shape index (κ3) is 3.22. The first kappa shape index (κ1) is 16.3. The monoisotopic (exact) mass is 332 g/mol. The Morgan fingerprint density at radius 2 is 1.74 bits per heavy atom. The number of thiophene rings is 1. The van der Waals surface area contributed by atoms with Crippen molar-refractivity contribution in [3.63, 3.8) is 0 Å². The minimum atomic E-state index is 0.170. The van der Waals surface area contributed by atoms with E-state index in [-0.39, 0.29) is 6.04 Å². The summed E-state index contributed by atoms with van der Waals surface area (Å²) in [5.41, 5.74) is 2.46. The normalized spacial score (nSPS) is 17.0. The molecule has 1 N–H and O–H groups in total. The van der Waals surface area contributed by atoms with Crippen molar-refractivity contribution in [3.8, 4) is 11.5 Å². The molecule has 0 radical (unpaired) electrons. The number of methoxy groups -OCH3 is 2. The van der Waals surface area contributed by atoms with Gasteiger partial charge in [-0.2, -0.15) is 0 Å². The van der Waals surface area contributed by atoms with Gasteiger partial charge in [0.05, 0.1) is 25.8 Å². The van der Waals surface area contributed by atoms with E-state index < -0.39 is 0 Å². The lowest BCUT2D eigenvalue weighted by molar-refractivity contribution is 0.194. The average molecular weight is 332 g/mol. The Bertz CT molecular complexity index is 628. The molecule has 1 aromatic carbocycles. The highest BCUT2D eigenvalue weighted by atomic mass is 32.1. The zero-order valence-electron chi connectivity index (χ0n) is 14.0. The SMILES string of the molecule is COc1cccc(OC)c1C(c1sccc1C)N1CCNCC1. The van der Waals surface area contributed by atoms with Crippen LogP contribution < -0.4 is 14.8 Å². The third-order valence-corrected chi connectivity index (χ3v) is 5.48. The predicted molar refractivity (Wildman–Crippen MR) is 94.9 cm³/mol. The maximum atomic E-state index is 5.68. The zero-order chi connectivity index (χ0) is 16.2. The van der Waals surface area contributed by atoms with Crippen LogP contribution in [0.3, 0.4) is 0 Å². The van der Waals surface area contributed by atoms with E-state index in [0.29, 0.717) is 0 Å². The molecule has 4 nitrogen and oxygen atoms in total. The summed E-state index contributed by atoms with van der Waals surface area (Å²) >= 11 is 1.81. The van der Waals surface area contributed by atoms with Gasteiger partial charge in [-0.25, -0.2) is 0 Å². The summed E-state index contributed by atoms with van der Waals surface area (Å²) < 4.78 is 11.4. The second-order valence-electron chi connectivity index (χ2n) is 5.73. The lowest BCUT2D eigenvalue weighted by atomic mass is 9.98. The fraction of sp³-hybridized carbons (Fsp3) is 0.444. The quantitative estimate of drug-likeness (QED) is 0.912. The number of hydrogen-bond acceptors (Lipinski definition) is 5. The highest BCUT2D eigenvalue weighted by molar-refractivity contribution is 7.10. The molecule has 0 amide bonds. The van der Waals surface area contributed by atoms with Crippen molar-refractivity contribution in [3.05, 3.63) is 45.6 Å². The highest BCUT2D eigenvalue weighted by Crippen LogP contribution is 2.43. The largest absolute Gasteiger partial charge is 0.496 e. The lowest BCUT2D eigenvalue weighted by Gasteiger charge is -2.36. The van der Waals surface area contributed by atoms with Gasteiger partial charge in [0.2, 0.25) is 0 Å². The van der Waals surface area contributed by atoms with Crippen molar-refractivity contribution in [2.24, 2.45) is 0 Å². The molecule has 5 heteroatoms. The Morgan fingerprint density at radius 3 is 2.26 bits per heavy atom. The topological polar surface area (TPSA) is 33.7 Å². The number of aryl methyl sites for hydroxylation is 1. The van der Waals surface area contributed by atoms with E-state index in [1.807, 2.05) is 29.5 Å². The minimum absolute atomic E-state index is 0.170. The van der Waals surface area contributed by atoms with E-state index in [0.717, 1.165) is 43.2 Å². The molecule has 1 fully saturated rings. The van der Waals surface area contributed by atoms with Crippen LogP contribution in [0.4, 0.5) is 0 Å². The number of nitrogens with zero attached hydrogens (tertiary/aromatic N) is 1. The average Bonchev–Trinajstić information content (AvgIpc) is 3.02. The van der Waals surface area contributed by atoms with Gasteiger partial charge < -0.3 is 14.8 Å². The van der Waals surface area contributed by atoms with Crippen molar-refractivity contribution in [2.75, 3.05) is 40.4 Å². The van der Waals surface area contributed by atoms with E-state index in [2.05, 4.69) is 28.6 Å². The van der Waals surface area contributed by atoms with Crippen molar-refractivity contribution >= 4 is 11.3 Å². The van der Waals surface area contributed by atoms with Crippen LogP contribution in [0.2, 0.25) is 0 Å². The summed E-state index contributed by atoms with van der Waals surface area (Å²) in [6, 6.07) is 8.39. The number of hydrogen-bond donors (Lipinski definition) is 1. The van der Waals surface area contributed by atoms with Gasteiger partial charge in [-0.15, -0.1) is 11.3 Å². The fourth-order valence-corrected chi connectivity index (χ4v) is 4.30.